The molecule has 0 radical (unpaired) electrons. The first-order valence-electron chi connectivity index (χ1n) is 6.84. The minimum Gasteiger partial charge on any atom is -0.349 e. The van der Waals surface area contributed by atoms with Gasteiger partial charge in [-0.05, 0) is 43.7 Å². The summed E-state index contributed by atoms with van der Waals surface area (Å²) in [5.74, 6) is -0.300. The first kappa shape index (κ1) is 15.6. The van der Waals surface area contributed by atoms with Crippen molar-refractivity contribution in [3.8, 4) is 0 Å². The van der Waals surface area contributed by atoms with Crippen molar-refractivity contribution in [2.45, 2.75) is 30.0 Å². The number of hydrogen-bond acceptors (Lipinski definition) is 2. The molecule has 0 spiro atoms. The molecule has 2 nitrogen and oxygen atoms in total. The zero-order chi connectivity index (χ0) is 15.2. The van der Waals surface area contributed by atoms with Gasteiger partial charge in [-0.15, -0.1) is 11.8 Å². The van der Waals surface area contributed by atoms with Crippen LogP contribution in [-0.2, 0) is 4.79 Å². The molecule has 0 aliphatic carbocycles. The van der Waals surface area contributed by atoms with Gasteiger partial charge in [0.1, 0.15) is 5.82 Å². The lowest BCUT2D eigenvalue weighted by Crippen LogP contribution is -2.33. The van der Waals surface area contributed by atoms with E-state index in [1.807, 2.05) is 44.2 Å². The molecule has 0 saturated heterocycles. The second-order valence-corrected chi connectivity index (χ2v) is 6.27. The zero-order valence-electron chi connectivity index (χ0n) is 12.0. The normalized spacial score (nSPS) is 13.5. The molecule has 110 valence electrons. The van der Waals surface area contributed by atoms with Gasteiger partial charge in [-0.25, -0.2) is 4.39 Å². The first-order chi connectivity index (χ1) is 10.1. The Labute approximate surface area is 128 Å². The molecule has 0 heterocycles. The van der Waals surface area contributed by atoms with Gasteiger partial charge in [0.25, 0.3) is 0 Å². The van der Waals surface area contributed by atoms with Crippen molar-refractivity contribution in [3.05, 3.63) is 66.0 Å². The molecule has 2 atom stereocenters. The summed E-state index contributed by atoms with van der Waals surface area (Å²) in [5.41, 5.74) is 0.890. The molecule has 2 aromatic rings. The SMILES string of the molecule is C[C@@H](Sc1ccccc1)C(=O)N[C@H](C)c1ccc(F)cc1. The highest BCUT2D eigenvalue weighted by Crippen LogP contribution is 2.23. The summed E-state index contributed by atoms with van der Waals surface area (Å²) in [5, 5.41) is 2.77. The fourth-order valence-corrected chi connectivity index (χ4v) is 2.82. The molecule has 2 aromatic carbocycles. The number of amides is 1. The standard InChI is InChI=1S/C17H18FNOS/c1-12(14-8-10-15(18)11-9-14)19-17(20)13(2)21-16-6-4-3-5-7-16/h3-13H,1-2H3,(H,19,20)/t12-,13-/m1/s1. The van der Waals surface area contributed by atoms with Gasteiger partial charge in [-0.2, -0.15) is 0 Å². The van der Waals surface area contributed by atoms with Crippen LogP contribution in [0.1, 0.15) is 25.5 Å². The van der Waals surface area contributed by atoms with E-state index in [2.05, 4.69) is 5.32 Å². The Morgan fingerprint density at radius 1 is 1.05 bits per heavy atom. The van der Waals surface area contributed by atoms with Crippen molar-refractivity contribution < 1.29 is 9.18 Å². The van der Waals surface area contributed by atoms with E-state index in [9.17, 15) is 9.18 Å². The molecule has 0 saturated carbocycles. The van der Waals surface area contributed by atoms with Crippen LogP contribution in [0.2, 0.25) is 0 Å². The highest BCUT2D eigenvalue weighted by atomic mass is 32.2. The van der Waals surface area contributed by atoms with Crippen LogP contribution >= 0.6 is 11.8 Å². The smallest absolute Gasteiger partial charge is 0.233 e. The third-order valence-electron chi connectivity index (χ3n) is 3.15. The topological polar surface area (TPSA) is 29.1 Å². The van der Waals surface area contributed by atoms with E-state index in [1.165, 1.54) is 23.9 Å². The molecule has 0 bridgehead atoms. The van der Waals surface area contributed by atoms with E-state index in [4.69, 9.17) is 0 Å². The number of hydrogen-bond donors (Lipinski definition) is 1. The summed E-state index contributed by atoms with van der Waals surface area (Å²) in [6, 6.07) is 15.9. The number of thioether (sulfide) groups is 1. The van der Waals surface area contributed by atoms with Gasteiger partial charge < -0.3 is 5.32 Å². The lowest BCUT2D eigenvalue weighted by Gasteiger charge is -2.17. The van der Waals surface area contributed by atoms with E-state index in [1.54, 1.807) is 12.1 Å². The van der Waals surface area contributed by atoms with Gasteiger partial charge in [-0.3, -0.25) is 4.79 Å². The van der Waals surface area contributed by atoms with Gasteiger partial charge in [0.2, 0.25) is 5.91 Å². The lowest BCUT2D eigenvalue weighted by atomic mass is 10.1. The Balaban J connectivity index is 1.92. The summed E-state index contributed by atoms with van der Waals surface area (Å²) < 4.78 is 12.9. The average Bonchev–Trinajstić information content (AvgIpc) is 2.48. The Bertz CT molecular complexity index is 585. The van der Waals surface area contributed by atoms with E-state index < -0.39 is 0 Å². The summed E-state index contributed by atoms with van der Waals surface area (Å²) >= 11 is 1.52. The van der Waals surface area contributed by atoms with Gasteiger partial charge in [0.15, 0.2) is 0 Å². The number of halogens is 1. The number of carbonyl (C=O) groups excluding carboxylic acids is 1. The molecule has 0 aromatic heterocycles. The third-order valence-corrected chi connectivity index (χ3v) is 4.27. The van der Waals surface area contributed by atoms with Gasteiger partial charge in [0, 0.05) is 4.90 Å². The molecule has 0 unspecified atom stereocenters. The fourth-order valence-electron chi connectivity index (χ4n) is 1.92. The minimum atomic E-state index is -0.273. The van der Waals surface area contributed by atoms with Crippen molar-refractivity contribution in [1.82, 2.24) is 5.32 Å². The Hall–Kier alpha value is -1.81. The van der Waals surface area contributed by atoms with E-state index in [0.29, 0.717) is 0 Å². The maximum absolute atomic E-state index is 12.9. The molecule has 2 rings (SSSR count). The van der Waals surface area contributed by atoms with Crippen LogP contribution in [0.4, 0.5) is 4.39 Å². The van der Waals surface area contributed by atoms with Crippen LogP contribution in [0.15, 0.2) is 59.5 Å². The van der Waals surface area contributed by atoms with E-state index >= 15 is 0 Å². The maximum Gasteiger partial charge on any atom is 0.233 e. The molecule has 1 amide bonds. The first-order valence-corrected chi connectivity index (χ1v) is 7.72. The minimum absolute atomic E-state index is 0.0271. The number of carbonyl (C=O) groups is 1. The second kappa shape index (κ2) is 7.27. The number of benzene rings is 2. The summed E-state index contributed by atoms with van der Waals surface area (Å²) in [6.07, 6.45) is 0. The van der Waals surface area contributed by atoms with Crippen LogP contribution in [0.3, 0.4) is 0 Å². The predicted octanol–water partition coefficient (Wildman–Crippen LogP) is 4.18. The highest BCUT2D eigenvalue weighted by Gasteiger charge is 2.17. The predicted molar refractivity (Wildman–Crippen MR) is 84.7 cm³/mol. The molecular weight excluding hydrogens is 285 g/mol. The van der Waals surface area contributed by atoms with Gasteiger partial charge >= 0.3 is 0 Å². The average molecular weight is 303 g/mol. The van der Waals surface area contributed by atoms with Crippen LogP contribution in [0, 0.1) is 5.82 Å². The molecule has 1 N–H and O–H groups in total. The van der Waals surface area contributed by atoms with Gasteiger partial charge in [0.05, 0.1) is 11.3 Å². The highest BCUT2D eigenvalue weighted by molar-refractivity contribution is 8.00. The molecule has 21 heavy (non-hydrogen) atoms. The Kier molecular flexibility index (Phi) is 5.39. The lowest BCUT2D eigenvalue weighted by molar-refractivity contribution is -0.120. The van der Waals surface area contributed by atoms with Crippen LogP contribution in [0.25, 0.3) is 0 Å². The van der Waals surface area contributed by atoms with Crippen molar-refractivity contribution in [3.63, 3.8) is 0 Å². The van der Waals surface area contributed by atoms with Crippen molar-refractivity contribution >= 4 is 17.7 Å². The Morgan fingerprint density at radius 3 is 2.29 bits per heavy atom. The molecule has 0 aliphatic heterocycles. The van der Waals surface area contributed by atoms with Crippen LogP contribution < -0.4 is 5.32 Å². The van der Waals surface area contributed by atoms with Crippen LogP contribution in [0.5, 0.6) is 0 Å². The number of rotatable bonds is 5. The molecule has 0 fully saturated rings. The number of nitrogens with one attached hydrogen (secondary N) is 1. The summed E-state index contributed by atoms with van der Waals surface area (Å²) in [4.78, 5) is 13.3. The van der Waals surface area contributed by atoms with E-state index in [0.717, 1.165) is 10.5 Å². The van der Waals surface area contributed by atoms with Gasteiger partial charge in [-0.1, -0.05) is 30.3 Å². The second-order valence-electron chi connectivity index (χ2n) is 4.85. The van der Waals surface area contributed by atoms with Crippen molar-refractivity contribution in [2.24, 2.45) is 0 Å². The van der Waals surface area contributed by atoms with E-state index in [-0.39, 0.29) is 23.0 Å². The third kappa shape index (κ3) is 4.60. The molecule has 0 aliphatic rings. The largest absolute Gasteiger partial charge is 0.349 e. The quantitative estimate of drug-likeness (QED) is 0.839. The maximum atomic E-state index is 12.9. The Morgan fingerprint density at radius 2 is 1.67 bits per heavy atom. The molecule has 4 heteroatoms. The zero-order valence-corrected chi connectivity index (χ0v) is 12.9. The van der Waals surface area contributed by atoms with Crippen molar-refractivity contribution in [2.75, 3.05) is 0 Å². The monoisotopic (exact) mass is 303 g/mol. The van der Waals surface area contributed by atoms with Crippen molar-refractivity contribution in [1.29, 1.82) is 0 Å². The fraction of sp³-hybridized carbons (Fsp3) is 0.235. The molecular formula is C17H18FNOS. The summed E-state index contributed by atoms with van der Waals surface area (Å²) in [7, 11) is 0. The van der Waals surface area contributed by atoms with Crippen LogP contribution in [-0.4, -0.2) is 11.2 Å². The summed E-state index contributed by atoms with van der Waals surface area (Å²) in [6.45, 7) is 3.77.